The third-order valence-corrected chi connectivity index (χ3v) is 8.17. The van der Waals surface area contributed by atoms with Crippen LogP contribution in [-0.2, 0) is 20.2 Å². The Hall–Kier alpha value is -2.38. The van der Waals surface area contributed by atoms with Crippen LogP contribution in [0.3, 0.4) is 0 Å². The van der Waals surface area contributed by atoms with Gasteiger partial charge in [0.25, 0.3) is 0 Å². The molecule has 1 saturated carbocycles. The van der Waals surface area contributed by atoms with E-state index in [1.807, 2.05) is 43.3 Å². The van der Waals surface area contributed by atoms with Crippen LogP contribution in [-0.4, -0.2) is 44.9 Å². The second-order valence-electron chi connectivity index (χ2n) is 8.25. The molecule has 30 heavy (non-hydrogen) atoms. The van der Waals surface area contributed by atoms with Gasteiger partial charge in [0.1, 0.15) is 5.75 Å². The molecule has 1 aliphatic carbocycles. The largest absolute Gasteiger partial charge is 0.496 e. The fourth-order valence-corrected chi connectivity index (χ4v) is 5.68. The fraction of sp³-hybridized carbons (Fsp3) is 0.435. The molecule has 1 N–H and O–H groups in total. The van der Waals surface area contributed by atoms with E-state index in [-0.39, 0.29) is 11.9 Å². The molecule has 1 heterocycles. The van der Waals surface area contributed by atoms with Gasteiger partial charge in [-0.05, 0) is 50.8 Å². The first-order chi connectivity index (χ1) is 14.4. The van der Waals surface area contributed by atoms with Crippen molar-refractivity contribution in [2.24, 2.45) is 0 Å². The number of aryl methyl sites for hydroxylation is 1. The first-order valence-electron chi connectivity index (χ1n) is 10.4. The highest BCUT2D eigenvalue weighted by Gasteiger charge is 2.53. The van der Waals surface area contributed by atoms with Crippen LogP contribution in [0, 0.1) is 6.92 Å². The third-order valence-electron chi connectivity index (χ3n) is 6.26. The lowest BCUT2D eigenvalue weighted by Crippen LogP contribution is -2.48. The Morgan fingerprint density at radius 1 is 1.07 bits per heavy atom. The SMILES string of the molecule is COc1ccccc1C1(C(=O)NC2CCN(S(=O)(=O)c3ccc(C)cc3)CC2)CC1. The molecule has 0 unspecified atom stereocenters. The fourth-order valence-electron chi connectivity index (χ4n) is 4.21. The molecule has 4 rings (SSSR count). The second kappa shape index (κ2) is 8.04. The lowest BCUT2D eigenvalue weighted by Gasteiger charge is -2.32. The molecule has 1 saturated heterocycles. The number of hydrogen-bond donors (Lipinski definition) is 1. The molecule has 1 amide bonds. The summed E-state index contributed by atoms with van der Waals surface area (Å²) in [7, 11) is -1.87. The predicted molar refractivity (Wildman–Crippen MR) is 115 cm³/mol. The van der Waals surface area contributed by atoms with Crippen molar-refractivity contribution < 1.29 is 17.9 Å². The molecule has 2 aromatic carbocycles. The van der Waals surface area contributed by atoms with E-state index in [0.29, 0.717) is 30.8 Å². The van der Waals surface area contributed by atoms with E-state index in [1.54, 1.807) is 19.2 Å². The van der Waals surface area contributed by atoms with Crippen LogP contribution in [0.25, 0.3) is 0 Å². The maximum Gasteiger partial charge on any atom is 0.243 e. The number of ether oxygens (including phenoxy) is 1. The molecule has 1 aliphatic heterocycles. The lowest BCUT2D eigenvalue weighted by atomic mass is 9.93. The zero-order chi connectivity index (χ0) is 21.4. The van der Waals surface area contributed by atoms with Crippen molar-refractivity contribution in [2.45, 2.75) is 49.0 Å². The van der Waals surface area contributed by atoms with Crippen LogP contribution >= 0.6 is 0 Å². The van der Waals surface area contributed by atoms with Crippen LogP contribution in [0.15, 0.2) is 53.4 Å². The van der Waals surface area contributed by atoms with E-state index in [4.69, 9.17) is 4.74 Å². The number of hydrogen-bond acceptors (Lipinski definition) is 4. The van der Waals surface area contributed by atoms with E-state index >= 15 is 0 Å². The van der Waals surface area contributed by atoms with Crippen LogP contribution in [0.4, 0.5) is 0 Å². The Kier molecular flexibility index (Phi) is 5.59. The van der Waals surface area contributed by atoms with Gasteiger partial charge in [0.15, 0.2) is 0 Å². The highest BCUT2D eigenvalue weighted by Crippen LogP contribution is 2.51. The average Bonchev–Trinajstić information content (AvgIpc) is 3.56. The lowest BCUT2D eigenvalue weighted by molar-refractivity contribution is -0.124. The maximum atomic E-state index is 13.1. The number of piperidine rings is 1. The molecule has 0 bridgehead atoms. The zero-order valence-corrected chi connectivity index (χ0v) is 18.2. The number of carbonyl (C=O) groups is 1. The van der Waals surface area contributed by atoms with Crippen molar-refractivity contribution >= 4 is 15.9 Å². The molecule has 0 aromatic heterocycles. The van der Waals surface area contributed by atoms with Crippen molar-refractivity contribution in [1.29, 1.82) is 0 Å². The Morgan fingerprint density at radius 2 is 1.70 bits per heavy atom. The van der Waals surface area contributed by atoms with Gasteiger partial charge in [-0.1, -0.05) is 35.9 Å². The molecule has 0 spiro atoms. The van der Waals surface area contributed by atoms with Crippen LogP contribution in [0.2, 0.25) is 0 Å². The van der Waals surface area contributed by atoms with Gasteiger partial charge in [-0.2, -0.15) is 4.31 Å². The predicted octanol–water partition coefficient (Wildman–Crippen LogP) is 3.00. The highest BCUT2D eigenvalue weighted by molar-refractivity contribution is 7.89. The Bertz CT molecular complexity index is 1020. The molecule has 160 valence electrons. The average molecular weight is 429 g/mol. The topological polar surface area (TPSA) is 75.7 Å². The number of nitrogens with zero attached hydrogens (tertiary/aromatic N) is 1. The summed E-state index contributed by atoms with van der Waals surface area (Å²) in [5, 5.41) is 3.17. The van der Waals surface area contributed by atoms with Gasteiger partial charge in [0, 0.05) is 24.7 Å². The van der Waals surface area contributed by atoms with Crippen molar-refractivity contribution in [2.75, 3.05) is 20.2 Å². The van der Waals surface area contributed by atoms with E-state index in [0.717, 1.165) is 29.7 Å². The van der Waals surface area contributed by atoms with E-state index in [9.17, 15) is 13.2 Å². The molecular weight excluding hydrogens is 400 g/mol. The summed E-state index contributed by atoms with van der Waals surface area (Å²) in [4.78, 5) is 13.4. The van der Waals surface area contributed by atoms with Gasteiger partial charge in [0.2, 0.25) is 15.9 Å². The molecule has 2 aliphatic rings. The van der Waals surface area contributed by atoms with Gasteiger partial charge < -0.3 is 10.1 Å². The van der Waals surface area contributed by atoms with Crippen molar-refractivity contribution in [1.82, 2.24) is 9.62 Å². The summed E-state index contributed by atoms with van der Waals surface area (Å²) in [5.41, 5.74) is 1.45. The van der Waals surface area contributed by atoms with E-state index < -0.39 is 15.4 Å². The highest BCUT2D eigenvalue weighted by atomic mass is 32.2. The monoisotopic (exact) mass is 428 g/mol. The summed E-state index contributed by atoms with van der Waals surface area (Å²) in [6.07, 6.45) is 2.83. The number of nitrogens with one attached hydrogen (secondary N) is 1. The minimum absolute atomic E-state index is 0.0193. The van der Waals surface area contributed by atoms with Crippen LogP contribution < -0.4 is 10.1 Å². The Balaban J connectivity index is 1.39. The number of carbonyl (C=O) groups excluding carboxylic acids is 1. The summed E-state index contributed by atoms with van der Waals surface area (Å²) in [5.74, 6) is 0.760. The maximum absolute atomic E-state index is 13.1. The Morgan fingerprint density at radius 3 is 2.30 bits per heavy atom. The molecule has 0 radical (unpaired) electrons. The number of para-hydroxylation sites is 1. The van der Waals surface area contributed by atoms with Gasteiger partial charge in [0.05, 0.1) is 17.4 Å². The number of methoxy groups -OCH3 is 1. The number of amides is 1. The van der Waals surface area contributed by atoms with Crippen molar-refractivity contribution in [3.63, 3.8) is 0 Å². The molecule has 7 heteroatoms. The van der Waals surface area contributed by atoms with Crippen molar-refractivity contribution in [3.8, 4) is 5.75 Å². The molecular formula is C23H28N2O4S. The zero-order valence-electron chi connectivity index (χ0n) is 17.4. The molecule has 0 atom stereocenters. The standard InChI is InChI=1S/C23H28N2O4S/c1-17-7-9-19(10-8-17)30(27,28)25-15-11-18(12-16-25)24-22(26)23(13-14-23)20-5-3-4-6-21(20)29-2/h3-10,18H,11-16H2,1-2H3,(H,24,26). The molecule has 2 aromatic rings. The summed E-state index contributed by atoms with van der Waals surface area (Å²) in [6.45, 7) is 2.74. The minimum Gasteiger partial charge on any atom is -0.496 e. The van der Waals surface area contributed by atoms with Gasteiger partial charge in [-0.25, -0.2) is 8.42 Å². The summed E-state index contributed by atoms with van der Waals surface area (Å²) >= 11 is 0. The smallest absolute Gasteiger partial charge is 0.243 e. The number of benzene rings is 2. The molecule has 2 fully saturated rings. The first-order valence-corrected chi connectivity index (χ1v) is 11.8. The van der Waals surface area contributed by atoms with E-state index in [2.05, 4.69) is 5.32 Å². The van der Waals surface area contributed by atoms with Gasteiger partial charge in [-0.3, -0.25) is 4.79 Å². The van der Waals surface area contributed by atoms with Crippen molar-refractivity contribution in [3.05, 3.63) is 59.7 Å². The number of sulfonamides is 1. The summed E-state index contributed by atoms with van der Waals surface area (Å²) in [6, 6.07) is 14.6. The normalized spacial score (nSPS) is 19.3. The summed E-state index contributed by atoms with van der Waals surface area (Å²) < 4.78 is 32.7. The second-order valence-corrected chi connectivity index (χ2v) is 10.2. The third kappa shape index (κ3) is 3.84. The van der Waals surface area contributed by atoms with E-state index in [1.165, 1.54) is 4.31 Å². The molecule has 6 nitrogen and oxygen atoms in total. The Labute approximate surface area is 178 Å². The van der Waals surface area contributed by atoms with Crippen LogP contribution in [0.5, 0.6) is 5.75 Å². The van der Waals surface area contributed by atoms with Crippen LogP contribution in [0.1, 0.15) is 36.8 Å². The van der Waals surface area contributed by atoms with Gasteiger partial charge in [-0.15, -0.1) is 0 Å². The minimum atomic E-state index is -3.49. The van der Waals surface area contributed by atoms with Gasteiger partial charge >= 0.3 is 0 Å². The number of rotatable bonds is 6. The quantitative estimate of drug-likeness (QED) is 0.768. The first kappa shape index (κ1) is 20.9.